The molecule has 1 aromatic heterocycles. The van der Waals surface area contributed by atoms with Crippen LogP contribution in [0.25, 0.3) is 10.1 Å². The molecule has 0 atom stereocenters. The van der Waals surface area contributed by atoms with Crippen LogP contribution in [0.2, 0.25) is 0 Å². The van der Waals surface area contributed by atoms with Crippen molar-refractivity contribution in [3.63, 3.8) is 0 Å². The van der Waals surface area contributed by atoms with E-state index in [-0.39, 0.29) is 0 Å². The van der Waals surface area contributed by atoms with Gasteiger partial charge in [0, 0.05) is 14.6 Å². The van der Waals surface area contributed by atoms with Crippen molar-refractivity contribution in [2.45, 2.75) is 6.92 Å². The monoisotopic (exact) mass is 242 g/mol. The average Bonchev–Trinajstić information content (AvgIpc) is 2.31. The Balaban J connectivity index is 2.93. The van der Waals surface area contributed by atoms with Crippen molar-refractivity contribution in [2.24, 2.45) is 0 Å². The molecule has 2 aromatic rings. The molecule has 0 fully saturated rings. The van der Waals surface area contributed by atoms with E-state index in [0.29, 0.717) is 5.75 Å². The van der Waals surface area contributed by atoms with Crippen LogP contribution in [0.15, 0.2) is 22.0 Å². The molecule has 1 nitrogen and oxygen atoms in total. The van der Waals surface area contributed by atoms with E-state index in [1.807, 2.05) is 13.0 Å². The van der Waals surface area contributed by atoms with Gasteiger partial charge in [-0.3, -0.25) is 0 Å². The fourth-order valence-electron chi connectivity index (χ4n) is 1.27. The van der Waals surface area contributed by atoms with E-state index in [9.17, 15) is 5.11 Å². The topological polar surface area (TPSA) is 20.2 Å². The third-order valence-corrected chi connectivity index (χ3v) is 3.31. The first-order valence-corrected chi connectivity index (χ1v) is 5.22. The van der Waals surface area contributed by atoms with Crippen molar-refractivity contribution in [3.8, 4) is 5.75 Å². The first-order chi connectivity index (χ1) is 5.68. The van der Waals surface area contributed by atoms with Crippen molar-refractivity contribution in [1.82, 2.24) is 0 Å². The molecular weight excluding hydrogens is 236 g/mol. The molecule has 2 rings (SSSR count). The van der Waals surface area contributed by atoms with Crippen LogP contribution in [0.1, 0.15) is 5.56 Å². The maximum absolute atomic E-state index is 9.60. The van der Waals surface area contributed by atoms with E-state index in [1.165, 1.54) is 0 Å². The number of halogens is 1. The second-order valence-corrected chi connectivity index (χ2v) is 4.54. The fourth-order valence-corrected chi connectivity index (χ4v) is 2.87. The van der Waals surface area contributed by atoms with Gasteiger partial charge in [-0.15, -0.1) is 11.3 Å². The standard InChI is InChI=1S/C9H7BrOS/c1-5-4-12-8-3-6(10)2-7(11)9(5)8/h2-4,11H,1H3. The molecule has 0 aliphatic carbocycles. The highest BCUT2D eigenvalue weighted by atomic mass is 79.9. The minimum Gasteiger partial charge on any atom is -0.507 e. The molecule has 1 heterocycles. The van der Waals surface area contributed by atoms with Gasteiger partial charge in [-0.25, -0.2) is 0 Å². The van der Waals surface area contributed by atoms with Crippen LogP contribution in [0, 0.1) is 6.92 Å². The lowest BCUT2D eigenvalue weighted by molar-refractivity contribution is 0.481. The van der Waals surface area contributed by atoms with Crippen molar-refractivity contribution < 1.29 is 5.11 Å². The molecule has 0 amide bonds. The van der Waals surface area contributed by atoms with Crippen LogP contribution in [0.4, 0.5) is 0 Å². The summed E-state index contributed by atoms with van der Waals surface area (Å²) in [6.45, 7) is 2.01. The molecule has 0 bridgehead atoms. The largest absolute Gasteiger partial charge is 0.507 e. The van der Waals surface area contributed by atoms with Crippen molar-refractivity contribution in [3.05, 3.63) is 27.5 Å². The minimum atomic E-state index is 0.359. The number of benzene rings is 1. The number of aromatic hydroxyl groups is 1. The lowest BCUT2D eigenvalue weighted by Gasteiger charge is -1.97. The zero-order valence-electron chi connectivity index (χ0n) is 6.47. The highest BCUT2D eigenvalue weighted by molar-refractivity contribution is 9.10. The van der Waals surface area contributed by atoms with Gasteiger partial charge in [0.25, 0.3) is 0 Å². The zero-order chi connectivity index (χ0) is 8.72. The molecule has 3 heteroatoms. The first-order valence-electron chi connectivity index (χ1n) is 3.55. The normalized spacial score (nSPS) is 10.8. The third-order valence-electron chi connectivity index (χ3n) is 1.80. The Hall–Kier alpha value is -0.540. The Morgan fingerprint density at radius 2 is 2.17 bits per heavy atom. The predicted octanol–water partition coefficient (Wildman–Crippen LogP) is 3.68. The molecule has 0 saturated carbocycles. The summed E-state index contributed by atoms with van der Waals surface area (Å²) in [7, 11) is 0. The van der Waals surface area contributed by atoms with Crippen molar-refractivity contribution >= 4 is 37.4 Å². The quantitative estimate of drug-likeness (QED) is 0.748. The molecule has 0 aliphatic rings. The number of rotatable bonds is 0. The van der Waals surface area contributed by atoms with E-state index in [1.54, 1.807) is 17.4 Å². The van der Waals surface area contributed by atoms with Gasteiger partial charge in [0.1, 0.15) is 5.75 Å². The number of fused-ring (bicyclic) bond motifs is 1. The summed E-state index contributed by atoms with van der Waals surface area (Å²) in [5.74, 6) is 0.359. The van der Waals surface area contributed by atoms with Crippen LogP contribution in [0.3, 0.4) is 0 Å². The molecule has 62 valence electrons. The lowest BCUT2D eigenvalue weighted by atomic mass is 10.2. The van der Waals surface area contributed by atoms with E-state index in [0.717, 1.165) is 20.1 Å². The summed E-state index contributed by atoms with van der Waals surface area (Å²) < 4.78 is 2.05. The Morgan fingerprint density at radius 3 is 2.92 bits per heavy atom. The van der Waals surface area contributed by atoms with Crippen LogP contribution < -0.4 is 0 Å². The van der Waals surface area contributed by atoms with Gasteiger partial charge in [-0.05, 0) is 30.0 Å². The number of hydrogen-bond acceptors (Lipinski definition) is 2. The van der Waals surface area contributed by atoms with Gasteiger partial charge in [-0.2, -0.15) is 0 Å². The number of thiophene rings is 1. The van der Waals surface area contributed by atoms with Crippen LogP contribution in [-0.2, 0) is 0 Å². The maximum Gasteiger partial charge on any atom is 0.125 e. The van der Waals surface area contributed by atoms with E-state index in [4.69, 9.17) is 0 Å². The van der Waals surface area contributed by atoms with Crippen molar-refractivity contribution in [1.29, 1.82) is 0 Å². The zero-order valence-corrected chi connectivity index (χ0v) is 8.87. The SMILES string of the molecule is Cc1csc2cc(Br)cc(O)c12. The summed E-state index contributed by atoms with van der Waals surface area (Å²) in [6, 6.07) is 3.74. The fraction of sp³-hybridized carbons (Fsp3) is 0.111. The van der Waals surface area contributed by atoms with Crippen molar-refractivity contribution in [2.75, 3.05) is 0 Å². The third kappa shape index (κ3) is 1.13. The highest BCUT2D eigenvalue weighted by Crippen LogP contribution is 2.35. The van der Waals surface area contributed by atoms with Gasteiger partial charge in [-0.1, -0.05) is 15.9 Å². The maximum atomic E-state index is 9.60. The number of aryl methyl sites for hydroxylation is 1. The van der Waals surface area contributed by atoms with Crippen LogP contribution in [-0.4, -0.2) is 5.11 Å². The molecule has 0 radical (unpaired) electrons. The average molecular weight is 243 g/mol. The Kier molecular flexibility index (Phi) is 1.85. The molecule has 1 aromatic carbocycles. The lowest BCUT2D eigenvalue weighted by Crippen LogP contribution is -1.71. The predicted molar refractivity (Wildman–Crippen MR) is 55.9 cm³/mol. The number of phenolic OH excluding ortho intramolecular Hbond substituents is 1. The molecule has 0 aliphatic heterocycles. The molecule has 0 saturated heterocycles. The number of hydrogen-bond donors (Lipinski definition) is 1. The van der Waals surface area contributed by atoms with E-state index >= 15 is 0 Å². The summed E-state index contributed by atoms with van der Waals surface area (Å²) in [6.07, 6.45) is 0. The Morgan fingerprint density at radius 1 is 1.42 bits per heavy atom. The second kappa shape index (κ2) is 2.75. The summed E-state index contributed by atoms with van der Waals surface area (Å²) in [5, 5.41) is 12.6. The van der Waals surface area contributed by atoms with E-state index < -0.39 is 0 Å². The minimum absolute atomic E-state index is 0.359. The molecular formula is C9H7BrOS. The van der Waals surface area contributed by atoms with Gasteiger partial charge < -0.3 is 5.11 Å². The molecule has 12 heavy (non-hydrogen) atoms. The van der Waals surface area contributed by atoms with Gasteiger partial charge >= 0.3 is 0 Å². The van der Waals surface area contributed by atoms with Gasteiger partial charge in [0.2, 0.25) is 0 Å². The second-order valence-electron chi connectivity index (χ2n) is 2.72. The van der Waals surface area contributed by atoms with E-state index in [2.05, 4.69) is 21.3 Å². The summed E-state index contributed by atoms with van der Waals surface area (Å²) >= 11 is 4.99. The Bertz CT molecular complexity index is 433. The molecule has 0 unspecified atom stereocenters. The van der Waals surface area contributed by atoms with Gasteiger partial charge in [0.15, 0.2) is 0 Å². The smallest absolute Gasteiger partial charge is 0.125 e. The first kappa shape index (κ1) is 8.08. The molecule has 0 spiro atoms. The molecule has 1 N–H and O–H groups in total. The Labute approximate surface area is 82.8 Å². The highest BCUT2D eigenvalue weighted by Gasteiger charge is 2.05. The number of phenols is 1. The summed E-state index contributed by atoms with van der Waals surface area (Å²) in [5.41, 5.74) is 1.14. The van der Waals surface area contributed by atoms with Crippen LogP contribution in [0.5, 0.6) is 5.75 Å². The van der Waals surface area contributed by atoms with Crippen LogP contribution >= 0.6 is 27.3 Å². The summed E-state index contributed by atoms with van der Waals surface area (Å²) in [4.78, 5) is 0. The van der Waals surface area contributed by atoms with Gasteiger partial charge in [0.05, 0.1) is 0 Å².